The highest BCUT2D eigenvalue weighted by Crippen LogP contribution is 2.31. The van der Waals surface area contributed by atoms with Gasteiger partial charge >= 0.3 is 5.97 Å². The molecule has 108 valence electrons. The van der Waals surface area contributed by atoms with E-state index in [2.05, 4.69) is 15.9 Å². The molecule has 2 aromatic rings. The third-order valence-electron chi connectivity index (χ3n) is 2.76. The molecule has 1 N–H and O–H groups in total. The first-order valence-electron chi connectivity index (χ1n) is 5.84. The van der Waals surface area contributed by atoms with Crippen LogP contribution in [0.1, 0.15) is 15.9 Å². The molecule has 0 spiro atoms. The number of carboxylic acid groups (broad SMARTS) is 1. The fourth-order valence-electron chi connectivity index (χ4n) is 1.74. The molecule has 6 nitrogen and oxygen atoms in total. The van der Waals surface area contributed by atoms with Crippen molar-refractivity contribution in [3.8, 4) is 11.5 Å². The lowest BCUT2D eigenvalue weighted by Gasteiger charge is -2.11. The number of hydrogen-bond donors (Lipinski definition) is 1. The highest BCUT2D eigenvalue weighted by molar-refractivity contribution is 9.10. The fourth-order valence-corrected chi connectivity index (χ4v) is 2.10. The summed E-state index contributed by atoms with van der Waals surface area (Å²) in [6.45, 7) is 1.65. The van der Waals surface area contributed by atoms with E-state index >= 15 is 0 Å². The minimum atomic E-state index is -1.12. The van der Waals surface area contributed by atoms with Gasteiger partial charge in [0, 0.05) is 16.6 Å². The molecule has 21 heavy (non-hydrogen) atoms. The Labute approximate surface area is 128 Å². The first kappa shape index (κ1) is 15.0. The third-order valence-corrected chi connectivity index (χ3v) is 3.25. The molecule has 0 bridgehead atoms. The van der Waals surface area contributed by atoms with Crippen molar-refractivity contribution >= 4 is 27.6 Å². The third kappa shape index (κ3) is 3.38. The molecule has 0 aliphatic carbocycles. The summed E-state index contributed by atoms with van der Waals surface area (Å²) in [7, 11) is 0. The Hall–Kier alpha value is -2.41. The number of hydrogen-bond acceptors (Lipinski definition) is 4. The lowest BCUT2D eigenvalue weighted by atomic mass is 10.2. The van der Waals surface area contributed by atoms with E-state index < -0.39 is 10.9 Å². The molecule has 0 heterocycles. The van der Waals surface area contributed by atoms with E-state index in [4.69, 9.17) is 9.84 Å². The quantitative estimate of drug-likeness (QED) is 0.659. The number of aromatic carboxylic acids is 1. The minimum Gasteiger partial charge on any atom is -0.478 e. The lowest BCUT2D eigenvalue weighted by Crippen LogP contribution is -2.00. The molecule has 2 aromatic carbocycles. The van der Waals surface area contributed by atoms with E-state index in [1.54, 1.807) is 13.0 Å². The molecule has 0 atom stereocenters. The van der Waals surface area contributed by atoms with Crippen molar-refractivity contribution in [1.29, 1.82) is 0 Å². The van der Waals surface area contributed by atoms with Crippen LogP contribution in [0.15, 0.2) is 40.9 Å². The maximum Gasteiger partial charge on any atom is 0.339 e. The first-order valence-corrected chi connectivity index (χ1v) is 6.63. The summed E-state index contributed by atoms with van der Waals surface area (Å²) in [6.07, 6.45) is 0. The predicted molar refractivity (Wildman–Crippen MR) is 79.0 cm³/mol. The SMILES string of the molecule is Cc1cc([N+](=O)[O-])ccc1Oc1ccc(Br)cc1C(=O)O. The standard InChI is InChI=1S/C14H10BrNO5/c1-8-6-10(16(19)20)3-5-12(8)21-13-4-2-9(15)7-11(13)14(17)18/h2-7H,1H3,(H,17,18). The minimum absolute atomic E-state index is 0.00197. The van der Waals surface area contributed by atoms with Crippen LogP contribution in [0.2, 0.25) is 0 Å². The zero-order valence-electron chi connectivity index (χ0n) is 10.9. The van der Waals surface area contributed by atoms with Gasteiger partial charge in [0.15, 0.2) is 0 Å². The van der Waals surface area contributed by atoms with Crippen LogP contribution in [-0.2, 0) is 0 Å². The van der Waals surface area contributed by atoms with Gasteiger partial charge in [-0.05, 0) is 36.8 Å². The Balaban J connectivity index is 2.39. The Morgan fingerprint density at radius 2 is 1.90 bits per heavy atom. The van der Waals surface area contributed by atoms with Crippen molar-refractivity contribution < 1.29 is 19.6 Å². The molecular weight excluding hydrogens is 342 g/mol. The molecule has 0 saturated carbocycles. The number of nitro benzene ring substituents is 1. The summed E-state index contributed by atoms with van der Waals surface area (Å²) in [5, 5.41) is 19.8. The summed E-state index contributed by atoms with van der Waals surface area (Å²) in [4.78, 5) is 21.4. The molecule has 0 aromatic heterocycles. The van der Waals surface area contributed by atoms with Gasteiger partial charge in [0.1, 0.15) is 17.1 Å². The largest absolute Gasteiger partial charge is 0.478 e. The van der Waals surface area contributed by atoms with Crippen LogP contribution in [0.3, 0.4) is 0 Å². The van der Waals surface area contributed by atoms with Gasteiger partial charge < -0.3 is 9.84 Å². The van der Waals surface area contributed by atoms with Crippen LogP contribution in [0.25, 0.3) is 0 Å². The van der Waals surface area contributed by atoms with E-state index in [1.165, 1.54) is 30.3 Å². The van der Waals surface area contributed by atoms with Gasteiger partial charge in [0.25, 0.3) is 5.69 Å². The molecule has 0 amide bonds. The smallest absolute Gasteiger partial charge is 0.339 e. The van der Waals surface area contributed by atoms with Crippen LogP contribution in [0.5, 0.6) is 11.5 Å². The number of aryl methyl sites for hydroxylation is 1. The summed E-state index contributed by atoms with van der Waals surface area (Å²) in [5.41, 5.74) is 0.500. The number of carbonyl (C=O) groups is 1. The van der Waals surface area contributed by atoms with Crippen molar-refractivity contribution in [3.63, 3.8) is 0 Å². The van der Waals surface area contributed by atoms with Crippen LogP contribution in [0, 0.1) is 17.0 Å². The lowest BCUT2D eigenvalue weighted by molar-refractivity contribution is -0.384. The molecule has 0 saturated heterocycles. The van der Waals surface area contributed by atoms with E-state index in [9.17, 15) is 14.9 Å². The Bertz CT molecular complexity index is 729. The van der Waals surface area contributed by atoms with Gasteiger partial charge in [-0.25, -0.2) is 4.79 Å². The number of carboxylic acids is 1. The van der Waals surface area contributed by atoms with Gasteiger partial charge in [0.2, 0.25) is 0 Å². The maximum atomic E-state index is 11.2. The van der Waals surface area contributed by atoms with E-state index in [0.29, 0.717) is 15.8 Å². The molecule has 0 aliphatic heterocycles. The second-order valence-corrected chi connectivity index (χ2v) is 5.17. The van der Waals surface area contributed by atoms with Crippen LogP contribution < -0.4 is 4.74 Å². The van der Waals surface area contributed by atoms with E-state index in [-0.39, 0.29) is 17.0 Å². The van der Waals surface area contributed by atoms with Gasteiger partial charge in [-0.2, -0.15) is 0 Å². The summed E-state index contributed by atoms with van der Waals surface area (Å²) in [6, 6.07) is 8.73. The van der Waals surface area contributed by atoms with Crippen LogP contribution in [-0.4, -0.2) is 16.0 Å². The van der Waals surface area contributed by atoms with Gasteiger partial charge in [-0.3, -0.25) is 10.1 Å². The topological polar surface area (TPSA) is 89.7 Å². The molecule has 7 heteroatoms. The summed E-state index contributed by atoms with van der Waals surface area (Å²) >= 11 is 3.20. The Morgan fingerprint density at radius 1 is 1.24 bits per heavy atom. The molecule has 0 fully saturated rings. The average molecular weight is 352 g/mol. The highest BCUT2D eigenvalue weighted by atomic mass is 79.9. The van der Waals surface area contributed by atoms with Crippen molar-refractivity contribution in [2.24, 2.45) is 0 Å². The molecule has 0 aliphatic rings. The molecule has 0 unspecified atom stereocenters. The monoisotopic (exact) mass is 351 g/mol. The Morgan fingerprint density at radius 3 is 2.48 bits per heavy atom. The summed E-state index contributed by atoms with van der Waals surface area (Å²) in [5.74, 6) is -0.584. The van der Waals surface area contributed by atoms with Crippen LogP contribution in [0.4, 0.5) is 5.69 Å². The number of halogens is 1. The average Bonchev–Trinajstić information content (AvgIpc) is 2.42. The van der Waals surface area contributed by atoms with Crippen LogP contribution >= 0.6 is 15.9 Å². The molecular formula is C14H10BrNO5. The number of rotatable bonds is 4. The summed E-state index contributed by atoms with van der Waals surface area (Å²) < 4.78 is 6.19. The maximum absolute atomic E-state index is 11.2. The zero-order chi connectivity index (χ0) is 15.6. The number of nitro groups is 1. The van der Waals surface area contributed by atoms with E-state index in [1.807, 2.05) is 0 Å². The van der Waals surface area contributed by atoms with Gasteiger partial charge in [-0.1, -0.05) is 15.9 Å². The van der Waals surface area contributed by atoms with E-state index in [0.717, 1.165) is 0 Å². The predicted octanol–water partition coefficient (Wildman–Crippen LogP) is 4.16. The second-order valence-electron chi connectivity index (χ2n) is 4.25. The molecule has 2 rings (SSSR count). The van der Waals surface area contributed by atoms with Gasteiger partial charge in [0.05, 0.1) is 4.92 Å². The van der Waals surface area contributed by atoms with Crippen molar-refractivity contribution in [1.82, 2.24) is 0 Å². The fraction of sp³-hybridized carbons (Fsp3) is 0.0714. The highest BCUT2D eigenvalue weighted by Gasteiger charge is 2.15. The number of benzene rings is 2. The number of ether oxygens (including phenoxy) is 1. The normalized spacial score (nSPS) is 10.2. The Kier molecular flexibility index (Phi) is 4.23. The van der Waals surface area contributed by atoms with Crippen molar-refractivity contribution in [2.75, 3.05) is 0 Å². The first-order chi connectivity index (χ1) is 9.88. The van der Waals surface area contributed by atoms with Crippen molar-refractivity contribution in [3.05, 3.63) is 62.1 Å². The molecule has 0 radical (unpaired) electrons. The zero-order valence-corrected chi connectivity index (χ0v) is 12.5. The van der Waals surface area contributed by atoms with Crippen molar-refractivity contribution in [2.45, 2.75) is 6.92 Å². The second kappa shape index (κ2) is 5.92. The van der Waals surface area contributed by atoms with Gasteiger partial charge in [-0.15, -0.1) is 0 Å². The number of non-ortho nitro benzene ring substituents is 1. The number of nitrogens with zero attached hydrogens (tertiary/aromatic N) is 1.